The number of aliphatic hydroxyl groups excluding tert-OH is 2. The molecule has 0 aliphatic carbocycles. The van der Waals surface area contributed by atoms with Gasteiger partial charge in [0, 0.05) is 44.5 Å². The molecular formula is C40H47N3O8. The van der Waals surface area contributed by atoms with Crippen LogP contribution in [0.25, 0.3) is 11.1 Å². The van der Waals surface area contributed by atoms with E-state index >= 15 is 0 Å². The van der Waals surface area contributed by atoms with Crippen LogP contribution in [-0.4, -0.2) is 63.5 Å². The van der Waals surface area contributed by atoms with Crippen LogP contribution in [0.2, 0.25) is 0 Å². The van der Waals surface area contributed by atoms with Crippen molar-refractivity contribution in [2.24, 2.45) is 0 Å². The predicted octanol–water partition coefficient (Wildman–Crippen LogP) is 5.44. The highest BCUT2D eigenvalue weighted by molar-refractivity contribution is 5.76. The van der Waals surface area contributed by atoms with Crippen LogP contribution in [0, 0.1) is 0 Å². The minimum absolute atomic E-state index is 0.0363. The summed E-state index contributed by atoms with van der Waals surface area (Å²) in [4.78, 5) is 25.4. The van der Waals surface area contributed by atoms with Gasteiger partial charge >= 0.3 is 0 Å². The lowest BCUT2D eigenvalue weighted by atomic mass is 9.98. The highest BCUT2D eigenvalue weighted by Gasteiger charge is 2.33. The molecule has 1 aliphatic rings. The Morgan fingerprint density at radius 1 is 0.843 bits per heavy atom. The molecule has 0 aromatic heterocycles. The molecule has 11 nitrogen and oxygen atoms in total. The molecule has 0 radical (unpaired) electrons. The van der Waals surface area contributed by atoms with E-state index in [4.69, 9.17) is 14.7 Å². The fourth-order valence-electron chi connectivity index (χ4n) is 6.20. The third-order valence-corrected chi connectivity index (χ3v) is 8.99. The van der Waals surface area contributed by atoms with E-state index in [1.165, 1.54) is 0 Å². The number of unbranched alkanes of at least 4 members (excludes halogenated alkanes) is 1. The number of nitrogens with zero attached hydrogens (tertiary/aromatic N) is 1. The first-order chi connectivity index (χ1) is 24.7. The third-order valence-electron chi connectivity index (χ3n) is 8.99. The molecule has 0 spiro atoms. The normalized spacial score (nSPS) is 17.9. The summed E-state index contributed by atoms with van der Waals surface area (Å²) in [7, 11) is 1.93. The van der Waals surface area contributed by atoms with E-state index in [9.17, 15) is 24.9 Å². The van der Waals surface area contributed by atoms with Crippen LogP contribution in [0.15, 0.2) is 97.1 Å². The Morgan fingerprint density at radius 3 is 2.25 bits per heavy atom. The smallest absolute Gasteiger partial charge is 0.243 e. The monoisotopic (exact) mass is 697 g/mol. The summed E-state index contributed by atoms with van der Waals surface area (Å²) in [6.45, 7) is 1.25. The maximum Gasteiger partial charge on any atom is 0.243 e. The summed E-state index contributed by atoms with van der Waals surface area (Å²) in [5.41, 5.74) is 7.87. The van der Waals surface area contributed by atoms with Gasteiger partial charge in [-0.15, -0.1) is 0 Å². The quantitative estimate of drug-likeness (QED) is 0.0509. The van der Waals surface area contributed by atoms with E-state index < -0.39 is 18.3 Å². The Kier molecular flexibility index (Phi) is 13.7. The minimum Gasteiger partial charge on any atom is -0.508 e. The molecule has 5 rings (SSSR count). The number of rotatable bonds is 16. The Hall–Kier alpha value is -4.62. The van der Waals surface area contributed by atoms with Crippen molar-refractivity contribution >= 4 is 11.8 Å². The average Bonchev–Trinajstić information content (AvgIpc) is 3.15. The van der Waals surface area contributed by atoms with Gasteiger partial charge in [0.25, 0.3) is 0 Å². The van der Waals surface area contributed by atoms with Gasteiger partial charge in [0.15, 0.2) is 6.29 Å². The summed E-state index contributed by atoms with van der Waals surface area (Å²) in [5, 5.41) is 41.7. The van der Waals surface area contributed by atoms with E-state index in [1.54, 1.807) is 29.7 Å². The molecule has 1 aliphatic heterocycles. The Morgan fingerprint density at radius 2 is 1.55 bits per heavy atom. The first kappa shape index (κ1) is 37.6. The van der Waals surface area contributed by atoms with Crippen molar-refractivity contribution in [2.75, 3.05) is 20.1 Å². The second-order valence-corrected chi connectivity index (χ2v) is 13.0. The molecule has 4 aromatic rings. The van der Waals surface area contributed by atoms with Crippen LogP contribution in [0.3, 0.4) is 0 Å². The van der Waals surface area contributed by atoms with Crippen LogP contribution < -0.4 is 10.8 Å². The van der Waals surface area contributed by atoms with Gasteiger partial charge in [0.05, 0.1) is 24.9 Å². The largest absolute Gasteiger partial charge is 0.508 e. The molecule has 4 atom stereocenters. The van der Waals surface area contributed by atoms with Crippen molar-refractivity contribution in [1.82, 2.24) is 15.7 Å². The van der Waals surface area contributed by atoms with Crippen LogP contribution in [0.5, 0.6) is 5.75 Å². The summed E-state index contributed by atoms with van der Waals surface area (Å²) < 4.78 is 13.0. The van der Waals surface area contributed by atoms with Gasteiger partial charge in [-0.1, -0.05) is 78.9 Å². The predicted molar refractivity (Wildman–Crippen MR) is 191 cm³/mol. The number of aliphatic hydroxyl groups is 2. The SMILES string of the molecule is CN(C[C@@H]1C[C@H](c2ccc(CO)cc2)O[C@H](c2ccc(-c3cccc(CNC(=O)CCCCC(=O)NO)c3)cc2)O1)C[C@@H](O)c1cccc(O)c1. The Balaban J connectivity index is 1.23. The van der Waals surface area contributed by atoms with Gasteiger partial charge in [0.2, 0.25) is 11.8 Å². The molecule has 0 unspecified atom stereocenters. The topological polar surface area (TPSA) is 161 Å². The number of nitrogens with one attached hydrogen (secondary N) is 2. The van der Waals surface area contributed by atoms with Crippen molar-refractivity contribution < 1.29 is 39.6 Å². The van der Waals surface area contributed by atoms with Crippen molar-refractivity contribution in [1.29, 1.82) is 0 Å². The molecule has 0 bridgehead atoms. The summed E-state index contributed by atoms with van der Waals surface area (Å²) in [5.74, 6) is -0.443. The van der Waals surface area contributed by atoms with Crippen LogP contribution >= 0.6 is 0 Å². The number of ether oxygens (including phenoxy) is 2. The number of phenols is 1. The van der Waals surface area contributed by atoms with Gasteiger partial charge in [0.1, 0.15) is 5.75 Å². The number of likely N-dealkylation sites (N-methyl/N-ethyl adjacent to an activating group) is 1. The number of hydroxylamine groups is 1. The van der Waals surface area contributed by atoms with E-state index in [0.717, 1.165) is 33.4 Å². The van der Waals surface area contributed by atoms with Crippen LogP contribution in [0.4, 0.5) is 0 Å². The van der Waals surface area contributed by atoms with E-state index in [-0.39, 0.29) is 36.9 Å². The number of benzene rings is 4. The third kappa shape index (κ3) is 11.2. The highest BCUT2D eigenvalue weighted by atomic mass is 16.7. The standard InChI is InChI=1S/C40H47N3O8/c1-43(25-36(46)33-8-5-9-34(45)21-33)24-35-22-37(30-14-12-27(26-44)13-15-30)51-40(50-35)31-18-16-29(17-19-31)32-7-4-6-28(20-32)23-41-38(47)10-2-3-11-39(48)42-49/h4-9,12-21,35-37,40,44-46,49H,2-3,10-11,22-26H2,1H3,(H,41,47)(H,42,48)/t35-,36+,37+,40+/m0/s1. The van der Waals surface area contributed by atoms with Crippen molar-refractivity contribution in [3.63, 3.8) is 0 Å². The molecule has 0 saturated carbocycles. The molecule has 6 N–H and O–H groups in total. The van der Waals surface area contributed by atoms with Crippen LogP contribution in [-0.2, 0) is 32.2 Å². The molecule has 270 valence electrons. The summed E-state index contributed by atoms with van der Waals surface area (Å²) in [6, 6.07) is 30.4. The van der Waals surface area contributed by atoms with Crippen LogP contribution in [0.1, 0.15) is 78.4 Å². The minimum atomic E-state index is -0.777. The Bertz CT molecular complexity index is 1720. The lowest BCUT2D eigenvalue weighted by molar-refractivity contribution is -0.252. The fraction of sp³-hybridized carbons (Fsp3) is 0.350. The number of amides is 2. The number of hydrogen-bond donors (Lipinski definition) is 6. The number of carbonyl (C=O) groups is 2. The maximum absolute atomic E-state index is 12.3. The molecule has 1 heterocycles. The van der Waals surface area contributed by atoms with Crippen molar-refractivity contribution in [2.45, 2.75) is 69.9 Å². The van der Waals surface area contributed by atoms with Gasteiger partial charge in [-0.25, -0.2) is 5.48 Å². The summed E-state index contributed by atoms with van der Waals surface area (Å²) >= 11 is 0. The second-order valence-electron chi connectivity index (χ2n) is 13.0. The zero-order chi connectivity index (χ0) is 36.2. The molecule has 11 heteroatoms. The first-order valence-electron chi connectivity index (χ1n) is 17.3. The fourth-order valence-corrected chi connectivity index (χ4v) is 6.20. The van der Waals surface area contributed by atoms with E-state index in [2.05, 4.69) is 5.32 Å². The molecule has 1 saturated heterocycles. The lowest BCUT2D eigenvalue weighted by Gasteiger charge is -2.38. The van der Waals surface area contributed by atoms with Crippen molar-refractivity contribution in [3.05, 3.63) is 125 Å². The number of carbonyl (C=O) groups excluding carboxylic acids is 2. The van der Waals surface area contributed by atoms with Gasteiger partial charge in [-0.05, 0) is 71.5 Å². The highest BCUT2D eigenvalue weighted by Crippen LogP contribution is 2.39. The Labute approximate surface area is 298 Å². The average molecular weight is 698 g/mol. The van der Waals surface area contributed by atoms with E-state index in [1.807, 2.05) is 84.7 Å². The zero-order valence-electron chi connectivity index (χ0n) is 28.8. The lowest BCUT2D eigenvalue weighted by Crippen LogP contribution is -2.39. The number of aromatic hydroxyl groups is 1. The molecule has 2 amide bonds. The van der Waals surface area contributed by atoms with Gasteiger partial charge in [-0.2, -0.15) is 0 Å². The van der Waals surface area contributed by atoms with Gasteiger partial charge < -0.3 is 35.0 Å². The van der Waals surface area contributed by atoms with Crippen molar-refractivity contribution in [3.8, 4) is 16.9 Å². The van der Waals surface area contributed by atoms with Gasteiger partial charge in [-0.3, -0.25) is 14.8 Å². The summed E-state index contributed by atoms with van der Waals surface area (Å²) in [6.07, 6.45) is 0.278. The maximum atomic E-state index is 12.3. The van der Waals surface area contributed by atoms with E-state index in [0.29, 0.717) is 50.9 Å². The zero-order valence-corrected chi connectivity index (χ0v) is 28.8. The second kappa shape index (κ2) is 18.6. The molecule has 4 aromatic carbocycles. The molecular weight excluding hydrogens is 650 g/mol. The number of phenolic OH excluding ortho intramolecular Hbond substituents is 1. The molecule has 51 heavy (non-hydrogen) atoms. The number of hydrogen-bond acceptors (Lipinski definition) is 9. The first-order valence-corrected chi connectivity index (χ1v) is 17.3. The molecule has 1 fully saturated rings.